The third-order valence-electron chi connectivity index (χ3n) is 2.37. The number of carbonyl (C=O) groups is 1. The Morgan fingerprint density at radius 3 is 3.00 bits per heavy atom. The molecule has 1 aliphatic heterocycles. The van der Waals surface area contributed by atoms with Crippen LogP contribution in [0.3, 0.4) is 0 Å². The quantitative estimate of drug-likeness (QED) is 0.777. The minimum atomic E-state index is -0.477. The number of ether oxygens (including phenoxy) is 2. The predicted octanol–water partition coefficient (Wildman–Crippen LogP) is 2.49. The molecule has 0 aromatic heterocycles. The molecule has 0 aliphatic carbocycles. The van der Waals surface area contributed by atoms with Gasteiger partial charge in [0.2, 0.25) is 0 Å². The summed E-state index contributed by atoms with van der Waals surface area (Å²) in [6.45, 7) is 0.608. The lowest BCUT2D eigenvalue weighted by Crippen LogP contribution is -2.13. The van der Waals surface area contributed by atoms with Gasteiger partial charge < -0.3 is 9.47 Å². The maximum atomic E-state index is 11.2. The maximum Gasteiger partial charge on any atom is 0.411 e. The van der Waals surface area contributed by atoms with E-state index in [1.165, 1.54) is 7.11 Å². The Bertz CT molecular complexity index is 414. The summed E-state index contributed by atoms with van der Waals surface area (Å²) < 4.78 is 10.1. The third-order valence-corrected chi connectivity index (χ3v) is 2.37. The molecule has 0 radical (unpaired) electrons. The first kappa shape index (κ1) is 10.7. The minimum Gasteiger partial charge on any atom is -0.453 e. The van der Waals surface area contributed by atoms with Crippen LogP contribution in [0.2, 0.25) is 0 Å². The van der Waals surface area contributed by atoms with Crippen molar-refractivity contribution in [2.75, 3.05) is 19.0 Å². The Labute approximate surface area is 93.9 Å². The fraction of sp³-hybridized carbons (Fsp3) is 0.250. The number of methoxy groups -OCH3 is 1. The number of anilines is 1. The molecule has 1 aliphatic rings. The second-order valence-electron chi connectivity index (χ2n) is 3.39. The summed E-state index contributed by atoms with van der Waals surface area (Å²) in [4.78, 5) is 11.2. The number of nitrogens with one attached hydrogen (secondary N) is 1. The van der Waals surface area contributed by atoms with Crippen molar-refractivity contribution in [2.45, 2.75) is 6.10 Å². The second-order valence-corrected chi connectivity index (χ2v) is 3.39. The van der Waals surface area contributed by atoms with Gasteiger partial charge in [-0.25, -0.2) is 4.79 Å². The smallest absolute Gasteiger partial charge is 0.411 e. The molecular weight excluding hydrogens is 206 g/mol. The van der Waals surface area contributed by atoms with E-state index in [4.69, 9.17) is 4.74 Å². The molecule has 0 bridgehead atoms. The summed E-state index contributed by atoms with van der Waals surface area (Å²) in [5, 5.41) is 2.66. The van der Waals surface area contributed by atoms with Crippen molar-refractivity contribution in [3.63, 3.8) is 0 Å². The molecule has 0 spiro atoms. The van der Waals surface area contributed by atoms with E-state index in [0.717, 1.165) is 5.56 Å². The highest BCUT2D eigenvalue weighted by Crippen LogP contribution is 2.29. The van der Waals surface area contributed by atoms with Crippen LogP contribution >= 0.6 is 0 Å². The Kier molecular flexibility index (Phi) is 3.22. The van der Waals surface area contributed by atoms with Gasteiger partial charge in [-0.15, -0.1) is 0 Å². The number of hydrogen-bond acceptors (Lipinski definition) is 3. The van der Waals surface area contributed by atoms with Crippen LogP contribution in [-0.4, -0.2) is 19.8 Å². The first-order chi connectivity index (χ1) is 7.81. The van der Waals surface area contributed by atoms with Gasteiger partial charge in [-0.2, -0.15) is 0 Å². The molecule has 4 heteroatoms. The number of hydrogen-bond donors (Lipinski definition) is 1. The van der Waals surface area contributed by atoms with Crippen LogP contribution in [0.1, 0.15) is 11.7 Å². The number of amides is 1. The largest absolute Gasteiger partial charge is 0.453 e. The molecule has 4 nitrogen and oxygen atoms in total. The highest BCUT2D eigenvalue weighted by Gasteiger charge is 2.16. The lowest BCUT2D eigenvalue weighted by molar-refractivity contribution is 0.130. The first-order valence-electron chi connectivity index (χ1n) is 5.03. The van der Waals surface area contributed by atoms with Gasteiger partial charge in [0, 0.05) is 5.56 Å². The summed E-state index contributed by atoms with van der Waals surface area (Å²) in [7, 11) is 1.34. The van der Waals surface area contributed by atoms with E-state index in [-0.39, 0.29) is 6.10 Å². The summed E-state index contributed by atoms with van der Waals surface area (Å²) in [5.41, 5.74) is 1.65. The monoisotopic (exact) mass is 219 g/mol. The van der Waals surface area contributed by atoms with Crippen LogP contribution in [0.25, 0.3) is 0 Å². The standard InChI is InChI=1S/C12H13NO3/c1-15-12(14)13-10-6-3-2-5-9(10)11-7-4-8-16-11/h2-7,11H,8H2,1H3,(H,13,14). The maximum absolute atomic E-state index is 11.2. The van der Waals surface area contributed by atoms with E-state index in [9.17, 15) is 4.79 Å². The first-order valence-corrected chi connectivity index (χ1v) is 5.03. The van der Waals surface area contributed by atoms with Gasteiger partial charge >= 0.3 is 6.09 Å². The molecule has 0 saturated carbocycles. The Balaban J connectivity index is 2.23. The zero-order valence-electron chi connectivity index (χ0n) is 8.97. The van der Waals surface area contributed by atoms with E-state index in [0.29, 0.717) is 12.3 Å². The van der Waals surface area contributed by atoms with Crippen molar-refractivity contribution in [2.24, 2.45) is 0 Å². The summed E-state index contributed by atoms with van der Waals surface area (Å²) in [6, 6.07) is 7.51. The molecular formula is C12H13NO3. The van der Waals surface area contributed by atoms with Crippen molar-refractivity contribution in [1.29, 1.82) is 0 Å². The lowest BCUT2D eigenvalue weighted by Gasteiger charge is -2.14. The van der Waals surface area contributed by atoms with Crippen LogP contribution in [0.15, 0.2) is 36.4 Å². The van der Waals surface area contributed by atoms with Crippen LogP contribution in [-0.2, 0) is 9.47 Å². The van der Waals surface area contributed by atoms with Crippen LogP contribution in [0.5, 0.6) is 0 Å². The molecule has 1 atom stereocenters. The fourth-order valence-corrected chi connectivity index (χ4v) is 1.61. The minimum absolute atomic E-state index is 0.0895. The molecule has 84 valence electrons. The number of para-hydroxylation sites is 1. The Hall–Kier alpha value is -1.81. The summed E-state index contributed by atoms with van der Waals surface area (Å²) >= 11 is 0. The summed E-state index contributed by atoms with van der Waals surface area (Å²) in [5.74, 6) is 0. The lowest BCUT2D eigenvalue weighted by atomic mass is 10.1. The Morgan fingerprint density at radius 2 is 2.31 bits per heavy atom. The molecule has 1 heterocycles. The average molecular weight is 219 g/mol. The van der Waals surface area contributed by atoms with Crippen molar-refractivity contribution in [1.82, 2.24) is 0 Å². The highest BCUT2D eigenvalue weighted by atomic mass is 16.5. The van der Waals surface area contributed by atoms with Crippen molar-refractivity contribution in [3.8, 4) is 0 Å². The molecule has 1 aromatic rings. The normalized spacial score (nSPS) is 18.4. The molecule has 1 unspecified atom stereocenters. The van der Waals surface area contributed by atoms with E-state index in [2.05, 4.69) is 10.1 Å². The molecule has 1 amide bonds. The third kappa shape index (κ3) is 2.23. The zero-order valence-corrected chi connectivity index (χ0v) is 8.97. The van der Waals surface area contributed by atoms with E-state index in [1.54, 1.807) is 0 Å². The fourth-order valence-electron chi connectivity index (χ4n) is 1.61. The van der Waals surface area contributed by atoms with Crippen molar-refractivity contribution in [3.05, 3.63) is 42.0 Å². The Morgan fingerprint density at radius 1 is 1.50 bits per heavy atom. The summed E-state index contributed by atoms with van der Waals surface area (Å²) in [6.07, 6.45) is 3.36. The highest BCUT2D eigenvalue weighted by molar-refractivity contribution is 5.85. The molecule has 2 rings (SSSR count). The average Bonchev–Trinajstić information content (AvgIpc) is 2.83. The second kappa shape index (κ2) is 4.81. The van der Waals surface area contributed by atoms with Crippen LogP contribution in [0.4, 0.5) is 10.5 Å². The van der Waals surface area contributed by atoms with Crippen molar-refractivity contribution >= 4 is 11.8 Å². The van der Waals surface area contributed by atoms with Gasteiger partial charge in [0.1, 0.15) is 6.10 Å². The van der Waals surface area contributed by atoms with Gasteiger partial charge in [-0.05, 0) is 6.07 Å². The molecule has 16 heavy (non-hydrogen) atoms. The number of rotatable bonds is 2. The molecule has 1 aromatic carbocycles. The van der Waals surface area contributed by atoms with Gasteiger partial charge in [0.15, 0.2) is 0 Å². The SMILES string of the molecule is COC(=O)Nc1ccccc1C1C=CCO1. The molecule has 1 N–H and O–H groups in total. The van der Waals surface area contributed by atoms with E-state index in [1.807, 2.05) is 36.4 Å². The molecule has 0 fully saturated rings. The van der Waals surface area contributed by atoms with Gasteiger partial charge in [0.25, 0.3) is 0 Å². The van der Waals surface area contributed by atoms with Gasteiger partial charge in [-0.1, -0.05) is 30.4 Å². The van der Waals surface area contributed by atoms with Gasteiger partial charge in [-0.3, -0.25) is 5.32 Å². The predicted molar refractivity (Wildman–Crippen MR) is 60.3 cm³/mol. The topological polar surface area (TPSA) is 47.6 Å². The zero-order chi connectivity index (χ0) is 11.4. The van der Waals surface area contributed by atoms with Gasteiger partial charge in [0.05, 0.1) is 19.4 Å². The van der Waals surface area contributed by atoms with E-state index >= 15 is 0 Å². The van der Waals surface area contributed by atoms with Crippen LogP contribution in [0, 0.1) is 0 Å². The molecule has 0 saturated heterocycles. The van der Waals surface area contributed by atoms with Crippen molar-refractivity contribution < 1.29 is 14.3 Å². The number of carbonyl (C=O) groups excluding carboxylic acids is 1. The number of benzene rings is 1. The van der Waals surface area contributed by atoms with E-state index < -0.39 is 6.09 Å². The van der Waals surface area contributed by atoms with Crippen LogP contribution < -0.4 is 5.32 Å².